The van der Waals surface area contributed by atoms with Crippen LogP contribution >= 0.6 is 0 Å². The fourth-order valence-corrected chi connectivity index (χ4v) is 5.40. The molecule has 1 aliphatic heterocycles. The third-order valence-electron chi connectivity index (χ3n) is 7.80. The number of likely N-dealkylation sites (N-methyl/N-ethyl adjacent to an activating group) is 1. The number of hydrazine groups is 1. The Bertz CT molecular complexity index is 1480. The Labute approximate surface area is 313 Å². The fourth-order valence-electron chi connectivity index (χ4n) is 5.40. The van der Waals surface area contributed by atoms with E-state index < -0.39 is 89.1 Å². The van der Waals surface area contributed by atoms with Crippen LogP contribution < -0.4 is 21.3 Å². The number of carbonyl (C=O) groups is 7. The monoisotopic (exact) mass is 745 g/mol. The Morgan fingerprint density at radius 1 is 0.868 bits per heavy atom. The Morgan fingerprint density at radius 2 is 1.47 bits per heavy atom. The second kappa shape index (κ2) is 18.3. The van der Waals surface area contributed by atoms with Crippen molar-refractivity contribution in [2.24, 2.45) is 5.41 Å². The number of carbonyl (C=O) groups excluding carboxylic acids is 7. The fraction of sp³-hybridized carbons (Fsp3) is 0.649. The van der Waals surface area contributed by atoms with Crippen LogP contribution in [0.4, 0.5) is 9.59 Å². The Balaban J connectivity index is 2.28. The van der Waals surface area contributed by atoms with E-state index in [1.54, 1.807) is 114 Å². The molecule has 296 valence electrons. The maximum atomic E-state index is 14.2. The average molecular weight is 746 g/mol. The highest BCUT2D eigenvalue weighted by Crippen LogP contribution is 2.29. The molecule has 4 atom stereocenters. The molecule has 1 unspecified atom stereocenters. The van der Waals surface area contributed by atoms with E-state index >= 15 is 0 Å². The van der Waals surface area contributed by atoms with Crippen molar-refractivity contribution < 1.29 is 43.0 Å². The number of rotatable bonds is 13. The van der Waals surface area contributed by atoms with Crippen molar-refractivity contribution in [1.29, 1.82) is 0 Å². The molecule has 1 aliphatic rings. The molecule has 1 aromatic rings. The van der Waals surface area contributed by atoms with Crippen LogP contribution in [-0.4, -0.2) is 113 Å². The van der Waals surface area contributed by atoms with Crippen LogP contribution in [0.3, 0.4) is 0 Å². The lowest BCUT2D eigenvalue weighted by Crippen LogP contribution is -2.62. The molecule has 1 aromatic carbocycles. The van der Waals surface area contributed by atoms with E-state index in [1.807, 2.05) is 0 Å². The van der Waals surface area contributed by atoms with Crippen LogP contribution in [0.5, 0.6) is 0 Å². The third-order valence-corrected chi connectivity index (χ3v) is 7.80. The third kappa shape index (κ3) is 13.6. The first-order valence-electron chi connectivity index (χ1n) is 17.8. The second-order valence-corrected chi connectivity index (χ2v) is 16.2. The molecular formula is C37H59N7O9. The van der Waals surface area contributed by atoms with Gasteiger partial charge in [0.15, 0.2) is 6.23 Å². The minimum absolute atomic E-state index is 0.0534. The zero-order valence-corrected chi connectivity index (χ0v) is 33.2. The molecule has 2 rings (SSSR count). The molecule has 16 heteroatoms. The lowest BCUT2D eigenvalue weighted by molar-refractivity contribution is -0.167. The van der Waals surface area contributed by atoms with E-state index in [9.17, 15) is 33.6 Å². The van der Waals surface area contributed by atoms with Crippen molar-refractivity contribution in [3.63, 3.8) is 0 Å². The molecule has 4 N–H and O–H groups in total. The molecule has 16 nitrogen and oxygen atoms in total. The molecule has 1 fully saturated rings. The Hall–Kier alpha value is -4.73. The highest BCUT2D eigenvalue weighted by atomic mass is 16.6. The number of ketones is 1. The van der Waals surface area contributed by atoms with Crippen molar-refractivity contribution in [3.8, 4) is 0 Å². The van der Waals surface area contributed by atoms with E-state index in [4.69, 9.17) is 9.47 Å². The summed E-state index contributed by atoms with van der Waals surface area (Å²) in [5.74, 6) is -3.85. The van der Waals surface area contributed by atoms with Crippen LogP contribution in [0.2, 0.25) is 0 Å². The SMILES string of the molecule is CCC[C@H](NC(=O)N1[C@@H](OC(C)(C)C)CCN1C(=O)[C@@H](NC(=O)OC(C)(C)C)C(C)(C)C)C(=O)C(=O)NCC(=O)NC(C(=O)N(C)C)c1ccccc1. The minimum Gasteiger partial charge on any atom is -0.444 e. The van der Waals surface area contributed by atoms with Gasteiger partial charge in [0.1, 0.15) is 17.7 Å². The first-order valence-corrected chi connectivity index (χ1v) is 17.8. The number of nitrogens with one attached hydrogen (secondary N) is 4. The summed E-state index contributed by atoms with van der Waals surface area (Å²) < 4.78 is 11.6. The van der Waals surface area contributed by atoms with Crippen molar-refractivity contribution >= 4 is 41.5 Å². The van der Waals surface area contributed by atoms with Crippen molar-refractivity contribution in [1.82, 2.24) is 36.2 Å². The highest BCUT2D eigenvalue weighted by molar-refractivity contribution is 6.38. The molecule has 0 saturated carbocycles. The summed E-state index contributed by atoms with van der Waals surface area (Å²) in [6.07, 6.45) is -1.06. The maximum Gasteiger partial charge on any atom is 0.408 e. The Kier molecular flexibility index (Phi) is 15.4. The molecular weight excluding hydrogens is 686 g/mol. The normalized spacial score (nSPS) is 16.5. The van der Waals surface area contributed by atoms with Crippen LogP contribution in [0.25, 0.3) is 0 Å². The smallest absolute Gasteiger partial charge is 0.408 e. The van der Waals surface area contributed by atoms with Gasteiger partial charge in [-0.1, -0.05) is 64.4 Å². The number of hydrogen-bond donors (Lipinski definition) is 4. The van der Waals surface area contributed by atoms with Crippen molar-refractivity contribution in [3.05, 3.63) is 35.9 Å². The van der Waals surface area contributed by atoms with Gasteiger partial charge in [-0.25, -0.2) is 19.6 Å². The van der Waals surface area contributed by atoms with E-state index in [0.717, 1.165) is 5.01 Å². The zero-order valence-electron chi connectivity index (χ0n) is 33.2. The molecule has 0 aliphatic carbocycles. The number of amides is 7. The largest absolute Gasteiger partial charge is 0.444 e. The van der Waals surface area contributed by atoms with Gasteiger partial charge in [-0.05, 0) is 58.9 Å². The molecule has 0 spiro atoms. The lowest BCUT2D eigenvalue weighted by Gasteiger charge is -2.39. The summed E-state index contributed by atoms with van der Waals surface area (Å²) in [6.45, 7) is 16.9. The number of alkyl carbamates (subject to hydrolysis) is 1. The number of Topliss-reactive ketones (excluding diaryl/α,β-unsaturated/α-hetero) is 1. The van der Waals surface area contributed by atoms with Gasteiger partial charge in [0.05, 0.1) is 18.2 Å². The number of hydrogen-bond acceptors (Lipinski definition) is 9. The van der Waals surface area contributed by atoms with E-state index in [0.29, 0.717) is 12.0 Å². The summed E-state index contributed by atoms with van der Waals surface area (Å²) in [6, 6.07) is 4.22. The summed E-state index contributed by atoms with van der Waals surface area (Å²) in [5.41, 5.74) is -1.85. The van der Waals surface area contributed by atoms with Gasteiger partial charge in [-0.2, -0.15) is 0 Å². The highest BCUT2D eigenvalue weighted by Gasteiger charge is 2.47. The van der Waals surface area contributed by atoms with Gasteiger partial charge in [-0.15, -0.1) is 0 Å². The van der Waals surface area contributed by atoms with Crippen molar-refractivity contribution in [2.75, 3.05) is 27.2 Å². The van der Waals surface area contributed by atoms with Crippen LogP contribution in [-0.2, 0) is 33.4 Å². The molecule has 0 bridgehead atoms. The maximum absolute atomic E-state index is 14.2. The molecule has 1 saturated heterocycles. The van der Waals surface area contributed by atoms with Crippen LogP contribution in [0, 0.1) is 5.41 Å². The van der Waals surface area contributed by atoms with Gasteiger partial charge >= 0.3 is 12.1 Å². The zero-order chi connectivity index (χ0) is 40.5. The number of urea groups is 1. The molecule has 0 aromatic heterocycles. The predicted octanol–water partition coefficient (Wildman–Crippen LogP) is 3.03. The summed E-state index contributed by atoms with van der Waals surface area (Å²) in [7, 11) is 3.09. The molecule has 0 radical (unpaired) electrons. The summed E-state index contributed by atoms with van der Waals surface area (Å²) in [5, 5.41) is 12.4. The van der Waals surface area contributed by atoms with Gasteiger partial charge in [-0.3, -0.25) is 24.0 Å². The first kappa shape index (κ1) is 44.4. The summed E-state index contributed by atoms with van der Waals surface area (Å²) >= 11 is 0. The first-order chi connectivity index (χ1) is 24.4. The van der Waals surface area contributed by atoms with Crippen molar-refractivity contribution in [2.45, 2.75) is 124 Å². The molecule has 1 heterocycles. The van der Waals surface area contributed by atoms with E-state index in [1.165, 1.54) is 9.91 Å². The van der Waals surface area contributed by atoms with Crippen LogP contribution in [0.15, 0.2) is 30.3 Å². The quantitative estimate of drug-likeness (QED) is 0.220. The van der Waals surface area contributed by atoms with Gasteiger partial charge < -0.3 is 35.6 Å². The van der Waals surface area contributed by atoms with Gasteiger partial charge in [0.25, 0.3) is 11.8 Å². The Morgan fingerprint density at radius 3 is 1.98 bits per heavy atom. The van der Waals surface area contributed by atoms with E-state index in [-0.39, 0.29) is 19.4 Å². The summed E-state index contributed by atoms with van der Waals surface area (Å²) in [4.78, 5) is 94.5. The van der Waals surface area contributed by atoms with Crippen LogP contribution in [0.1, 0.15) is 100 Å². The van der Waals surface area contributed by atoms with E-state index in [2.05, 4.69) is 21.3 Å². The molecule has 53 heavy (non-hydrogen) atoms. The van der Waals surface area contributed by atoms with Gasteiger partial charge in [0, 0.05) is 27.1 Å². The predicted molar refractivity (Wildman–Crippen MR) is 197 cm³/mol. The standard InChI is InChI=1S/C37H59N7O9/c1-13-17-24(28(46)30(47)38-22-25(45)40-27(31(48)42(11)12)23-18-15-14-16-19-23)39-33(50)44-26(52-36(5,6)7)20-21-43(44)32(49)29(35(2,3)4)41-34(51)53-37(8,9)10/h14-16,18-19,24,26-27,29H,13,17,20-22H2,1-12H3,(H,38,47)(H,39,50)(H,40,45)(H,41,51)/t24-,26-,27?,29+/m0/s1. The average Bonchev–Trinajstić information content (AvgIpc) is 3.44. The van der Waals surface area contributed by atoms with Gasteiger partial charge in [0.2, 0.25) is 17.6 Å². The minimum atomic E-state index is -1.32. The molecule has 7 amide bonds. The topological polar surface area (TPSA) is 196 Å². The number of benzene rings is 1. The number of nitrogens with zero attached hydrogens (tertiary/aromatic N) is 3. The number of ether oxygens (including phenoxy) is 2. The second-order valence-electron chi connectivity index (χ2n) is 16.2. The lowest BCUT2D eigenvalue weighted by atomic mass is 9.86.